The molecule has 0 saturated carbocycles. The van der Waals surface area contributed by atoms with Gasteiger partial charge in [0.25, 0.3) is 5.91 Å². The third kappa shape index (κ3) is 29.6. The molecule has 0 spiro atoms. The van der Waals surface area contributed by atoms with Crippen LogP contribution in [0, 0.1) is 48.3 Å². The van der Waals surface area contributed by atoms with Crippen LogP contribution in [0.2, 0.25) is 5.02 Å². The van der Waals surface area contributed by atoms with E-state index in [9.17, 15) is 53.1 Å². The van der Waals surface area contributed by atoms with E-state index >= 15 is 14.4 Å². The first-order chi connectivity index (χ1) is 54.6. The Labute approximate surface area is 698 Å². The number of nitrogens with zero attached hydrogens (tertiary/aromatic N) is 8. The molecule has 2 aromatic carbocycles. The highest BCUT2D eigenvalue weighted by atomic mass is 35.5. The standard InChI is InChI=1S/C86H136ClN15O15/c1-26-65-81(111)96(19)47-71(104)97(20)67(41-48(2)3)79(109)95-72(52(10)11)84(114)98(21)68(42-49(4)5)78(108)91-57(17)76(106)92-58(18)80(110)99(22)69(43-50(6)7)82(112)100(23)70(44-51(8)9)83(113)101(24)73(53(12)13)85(115)102(25)74(56(16)90-65)75(105)54(14)29-27-30-61(103)31-28-39-89-77(107)66-46-63(38-40-88-66)117-62-35-32-59(33-36-62)93-86(116)94-60-34-37-64(87)55(15)45-60/h32-38,40,45-46,48-54,56-58,65,67-70,72-75,90,105H,26-31,39,41-44,47H2,1-25H3,(H,89,107)(H,91,108)(H,92,106)(H,95,109)(H2,93,94,116)/t54-,56?,57+,58-,65+,67+,68+,69+,70+,72+,73+,74-,75-/m1/s1. The van der Waals surface area contributed by atoms with E-state index in [0.29, 0.717) is 47.2 Å². The number of rotatable bonds is 26. The van der Waals surface area contributed by atoms with Crippen LogP contribution in [-0.4, -0.2) is 256 Å². The summed E-state index contributed by atoms with van der Waals surface area (Å²) in [6.45, 7) is 31.6. The van der Waals surface area contributed by atoms with Crippen molar-refractivity contribution in [3.05, 3.63) is 77.1 Å². The van der Waals surface area contributed by atoms with Crippen LogP contribution in [0.5, 0.6) is 11.5 Å². The predicted molar refractivity (Wildman–Crippen MR) is 453 cm³/mol. The fourth-order valence-corrected chi connectivity index (χ4v) is 14.7. The van der Waals surface area contributed by atoms with Gasteiger partial charge in [0.05, 0.1) is 24.7 Å². The summed E-state index contributed by atoms with van der Waals surface area (Å²) in [5.74, 6) is -8.41. The quantitative estimate of drug-likeness (QED) is 0.0348. The number of benzene rings is 2. The highest BCUT2D eigenvalue weighted by Crippen LogP contribution is 2.30. The molecule has 0 radical (unpaired) electrons. The van der Waals surface area contributed by atoms with Gasteiger partial charge < -0.3 is 81.4 Å². The van der Waals surface area contributed by atoms with Crippen molar-refractivity contribution < 1.29 is 72.2 Å². The number of carbonyl (C=O) groups excluding carboxylic acids is 13. The van der Waals surface area contributed by atoms with Crippen LogP contribution in [0.15, 0.2) is 60.8 Å². The van der Waals surface area contributed by atoms with Gasteiger partial charge in [0, 0.05) is 103 Å². The lowest BCUT2D eigenvalue weighted by Crippen LogP contribution is -2.64. The lowest BCUT2D eigenvalue weighted by atomic mass is 9.87. The number of ketones is 1. The largest absolute Gasteiger partial charge is 0.457 e. The number of likely N-dealkylation sites (N-methyl/N-ethyl adjacent to an activating group) is 7. The number of aromatic nitrogens is 1. The van der Waals surface area contributed by atoms with Crippen LogP contribution in [0.25, 0.3) is 0 Å². The van der Waals surface area contributed by atoms with Gasteiger partial charge in [0.1, 0.15) is 71.3 Å². The van der Waals surface area contributed by atoms with E-state index in [-0.39, 0.29) is 86.6 Å². The van der Waals surface area contributed by atoms with Gasteiger partial charge in [-0.05, 0) is 175 Å². The van der Waals surface area contributed by atoms with Gasteiger partial charge in [-0.1, -0.05) is 109 Å². The Kier molecular flexibility index (Phi) is 40.0. The van der Waals surface area contributed by atoms with Gasteiger partial charge >= 0.3 is 6.03 Å². The maximum absolute atomic E-state index is 15.7. The van der Waals surface area contributed by atoms with Crippen molar-refractivity contribution in [2.45, 2.75) is 261 Å². The van der Waals surface area contributed by atoms with Crippen LogP contribution >= 0.6 is 11.6 Å². The van der Waals surface area contributed by atoms with E-state index < -0.39 is 168 Å². The summed E-state index contributed by atoms with van der Waals surface area (Å²) in [6.07, 6.45) is 2.01. The molecule has 652 valence electrons. The minimum Gasteiger partial charge on any atom is -0.457 e. The third-order valence-electron chi connectivity index (χ3n) is 21.5. The maximum atomic E-state index is 15.7. The van der Waals surface area contributed by atoms with Crippen molar-refractivity contribution in [3.8, 4) is 11.5 Å². The Morgan fingerprint density at radius 1 is 0.556 bits per heavy atom. The Hall–Kier alpha value is -9.29. The molecule has 2 heterocycles. The highest BCUT2D eigenvalue weighted by molar-refractivity contribution is 6.31. The van der Waals surface area contributed by atoms with Gasteiger partial charge in [-0.15, -0.1) is 0 Å². The first kappa shape index (κ1) is 100. The number of pyridine rings is 1. The number of aliphatic hydroxyl groups excluding tert-OH is 1. The van der Waals surface area contributed by atoms with Gasteiger partial charge in [-0.3, -0.25) is 62.5 Å². The average Bonchev–Trinajstić information content (AvgIpc) is 0.797. The Morgan fingerprint density at radius 2 is 1.06 bits per heavy atom. The third-order valence-corrected chi connectivity index (χ3v) is 22.0. The Bertz CT molecular complexity index is 3880. The minimum absolute atomic E-state index is 0.0774. The molecule has 1 aliphatic heterocycles. The molecule has 117 heavy (non-hydrogen) atoms. The molecule has 0 bridgehead atoms. The maximum Gasteiger partial charge on any atom is 0.323 e. The number of ether oxygens (including phenoxy) is 1. The summed E-state index contributed by atoms with van der Waals surface area (Å²) in [4.78, 5) is 201. The van der Waals surface area contributed by atoms with E-state index in [2.05, 4.69) is 42.2 Å². The molecule has 31 heteroatoms. The number of halogens is 1. The highest BCUT2D eigenvalue weighted by Gasteiger charge is 2.46. The van der Waals surface area contributed by atoms with Crippen LogP contribution in [0.1, 0.15) is 198 Å². The SMILES string of the molecule is CC[C@@H]1NC(C)[C@H]([C@H](O)[C@H](C)CCCC(=O)CCCNC(=O)c2cc(Oc3ccc(NC(=O)Nc4ccc(Cl)c(C)c4)cc3)ccn2)N(C)C(=O)[C@H](C(C)C)N(C)C(=O)[C@H](CC(C)C)N(C)C(=O)[C@H](CC(C)C)N(C)C(=O)[C@@H](C)NC(=O)[C@H](C)NC(=O)[C@H](CC(C)C)N(C)C(=O)[C@H](C(C)C)NC(=O)[C@H](CC(C)C)N(C)C(=O)CN(C)C1=O. The van der Waals surface area contributed by atoms with Gasteiger partial charge in [-0.2, -0.15) is 0 Å². The first-order valence-electron chi connectivity index (χ1n) is 41.2. The number of amides is 13. The number of aryl methyl sites for hydroxylation is 1. The monoisotopic (exact) mass is 1650 g/mol. The van der Waals surface area contributed by atoms with Gasteiger partial charge in [0.15, 0.2) is 0 Å². The summed E-state index contributed by atoms with van der Waals surface area (Å²) in [7, 11) is 10.3. The number of hydrogen-bond donors (Lipinski definition) is 8. The van der Waals surface area contributed by atoms with Crippen molar-refractivity contribution in [2.24, 2.45) is 41.4 Å². The summed E-state index contributed by atoms with van der Waals surface area (Å²) < 4.78 is 6.00. The number of aliphatic hydroxyl groups is 1. The van der Waals surface area contributed by atoms with Crippen LogP contribution in [0.3, 0.4) is 0 Å². The molecular formula is C86H136ClN15O15. The number of nitrogens with one attached hydrogen (secondary N) is 7. The van der Waals surface area contributed by atoms with E-state index in [1.807, 2.05) is 62.3 Å². The van der Waals surface area contributed by atoms with E-state index in [0.717, 1.165) is 5.56 Å². The zero-order chi connectivity index (χ0) is 88.5. The molecule has 4 rings (SSSR count). The normalized spacial score (nSPS) is 23.1. The fraction of sp³-hybridized carbons (Fsp3) is 0.651. The number of carbonyl (C=O) groups is 13. The van der Waals surface area contributed by atoms with Crippen LogP contribution < -0.4 is 42.0 Å². The van der Waals surface area contributed by atoms with E-state index in [1.54, 1.807) is 97.0 Å². The molecule has 1 aliphatic rings. The van der Waals surface area contributed by atoms with Crippen molar-refractivity contribution in [1.82, 2.24) is 65.9 Å². The first-order valence-corrected chi connectivity index (χ1v) is 41.6. The van der Waals surface area contributed by atoms with Crippen molar-refractivity contribution in [2.75, 3.05) is 73.1 Å². The Balaban J connectivity index is 1.68. The smallest absolute Gasteiger partial charge is 0.323 e. The number of hydrogen-bond acceptors (Lipinski definition) is 17. The lowest BCUT2D eigenvalue weighted by Gasteiger charge is -2.44. The molecule has 13 atom stereocenters. The molecule has 1 fully saturated rings. The summed E-state index contributed by atoms with van der Waals surface area (Å²) >= 11 is 6.12. The lowest BCUT2D eigenvalue weighted by molar-refractivity contribution is -0.156. The minimum atomic E-state index is -1.34. The second kappa shape index (κ2) is 46.7. The molecule has 1 saturated heterocycles. The topological polar surface area (TPSA) is 371 Å². The molecule has 1 aromatic heterocycles. The van der Waals surface area contributed by atoms with E-state index in [1.165, 1.54) is 110 Å². The van der Waals surface area contributed by atoms with Crippen LogP contribution in [0.4, 0.5) is 16.2 Å². The van der Waals surface area contributed by atoms with Gasteiger partial charge in [-0.25, -0.2) is 4.79 Å². The second-order valence-corrected chi connectivity index (χ2v) is 34.5. The van der Waals surface area contributed by atoms with Crippen LogP contribution in [-0.2, 0) is 52.7 Å². The van der Waals surface area contributed by atoms with Gasteiger partial charge in [0.2, 0.25) is 59.1 Å². The molecule has 0 aliphatic carbocycles. The number of urea groups is 1. The Morgan fingerprint density at radius 3 is 1.61 bits per heavy atom. The molecule has 13 amide bonds. The van der Waals surface area contributed by atoms with E-state index in [4.69, 9.17) is 16.3 Å². The fourth-order valence-electron chi connectivity index (χ4n) is 14.6. The summed E-state index contributed by atoms with van der Waals surface area (Å²) in [5.41, 5.74) is 1.97. The summed E-state index contributed by atoms with van der Waals surface area (Å²) in [6, 6.07) is 1.80. The predicted octanol–water partition coefficient (Wildman–Crippen LogP) is 8.91. The van der Waals surface area contributed by atoms with Crippen molar-refractivity contribution in [1.29, 1.82) is 0 Å². The molecular weight excluding hydrogens is 1520 g/mol. The zero-order valence-electron chi connectivity index (χ0n) is 73.8. The molecule has 1 unspecified atom stereocenters. The zero-order valence-corrected chi connectivity index (χ0v) is 74.6. The average molecular weight is 1660 g/mol. The summed E-state index contributed by atoms with van der Waals surface area (Å²) in [5, 5.41) is 33.4. The second-order valence-electron chi connectivity index (χ2n) is 34.1. The molecule has 3 aromatic rings. The molecule has 30 nitrogen and oxygen atoms in total. The number of Topliss-reactive ketones (excluding diaryl/α,β-unsaturated/α-hetero) is 1. The van der Waals surface area contributed by atoms with Crippen molar-refractivity contribution in [3.63, 3.8) is 0 Å². The van der Waals surface area contributed by atoms with Crippen molar-refractivity contribution >= 4 is 99.8 Å². The molecule has 8 N–H and O–H groups in total. The number of anilines is 2.